The minimum Gasteiger partial charge on any atom is -0.491 e. The number of nitrogens with two attached hydrogens (primary N) is 1. The molecule has 2 N–H and O–H groups in total. The summed E-state index contributed by atoms with van der Waals surface area (Å²) >= 11 is 0. The summed E-state index contributed by atoms with van der Waals surface area (Å²) < 4.78 is 11.6. The summed E-state index contributed by atoms with van der Waals surface area (Å²) in [5.41, 5.74) is 6.83. The molecular formula is C26H34N4O4. The van der Waals surface area contributed by atoms with E-state index < -0.39 is 0 Å². The van der Waals surface area contributed by atoms with Gasteiger partial charge in [0.1, 0.15) is 18.2 Å². The summed E-state index contributed by atoms with van der Waals surface area (Å²) in [4.78, 5) is 34.3. The van der Waals surface area contributed by atoms with Gasteiger partial charge in [0, 0.05) is 32.9 Å². The van der Waals surface area contributed by atoms with E-state index in [-0.39, 0.29) is 17.2 Å². The molecule has 34 heavy (non-hydrogen) atoms. The molecule has 0 saturated carbocycles. The number of pyridine rings is 1. The first-order valence-electron chi connectivity index (χ1n) is 12.0. The summed E-state index contributed by atoms with van der Waals surface area (Å²) in [7, 11) is 1.75. The van der Waals surface area contributed by atoms with Gasteiger partial charge in [-0.25, -0.2) is 4.98 Å². The molecule has 0 spiro atoms. The van der Waals surface area contributed by atoms with Crippen molar-refractivity contribution in [1.29, 1.82) is 0 Å². The first-order valence-corrected chi connectivity index (χ1v) is 12.0. The second-order valence-electron chi connectivity index (χ2n) is 9.29. The highest BCUT2D eigenvalue weighted by Crippen LogP contribution is 2.38. The summed E-state index contributed by atoms with van der Waals surface area (Å²) in [6.45, 7) is 3.46. The van der Waals surface area contributed by atoms with E-state index in [1.54, 1.807) is 24.1 Å². The number of benzene rings is 1. The van der Waals surface area contributed by atoms with Crippen LogP contribution in [-0.4, -0.2) is 73.1 Å². The molecule has 8 nitrogen and oxygen atoms in total. The van der Waals surface area contributed by atoms with Crippen molar-refractivity contribution < 1.29 is 19.1 Å². The van der Waals surface area contributed by atoms with Crippen LogP contribution in [0.1, 0.15) is 52.8 Å². The smallest absolute Gasteiger partial charge is 0.257 e. The highest BCUT2D eigenvalue weighted by atomic mass is 16.5. The molecule has 1 fully saturated rings. The molecule has 5 rings (SSSR count). The number of nitrogen functional groups attached to an aromatic ring is 1. The van der Waals surface area contributed by atoms with Crippen LogP contribution in [0.5, 0.6) is 5.75 Å². The number of fused-ring (bicyclic) bond motifs is 9. The number of hydrogen-bond acceptors (Lipinski definition) is 6. The third-order valence-corrected chi connectivity index (χ3v) is 7.00. The van der Waals surface area contributed by atoms with E-state index in [2.05, 4.69) is 4.98 Å². The second kappa shape index (κ2) is 10.9. The average Bonchev–Trinajstić information content (AvgIpc) is 2.86. The van der Waals surface area contributed by atoms with Crippen molar-refractivity contribution in [3.63, 3.8) is 0 Å². The van der Waals surface area contributed by atoms with Gasteiger partial charge >= 0.3 is 0 Å². The van der Waals surface area contributed by atoms with E-state index in [1.807, 2.05) is 29.2 Å². The third-order valence-electron chi connectivity index (χ3n) is 7.00. The zero-order valence-corrected chi connectivity index (χ0v) is 19.9. The van der Waals surface area contributed by atoms with Crippen LogP contribution in [0, 0.1) is 5.41 Å². The largest absolute Gasteiger partial charge is 0.491 e. The van der Waals surface area contributed by atoms with Crippen LogP contribution >= 0.6 is 0 Å². The lowest BCUT2D eigenvalue weighted by molar-refractivity contribution is 0.0136. The predicted molar refractivity (Wildman–Crippen MR) is 130 cm³/mol. The average molecular weight is 467 g/mol. The Morgan fingerprint density at radius 3 is 2.62 bits per heavy atom. The Kier molecular flexibility index (Phi) is 7.67. The van der Waals surface area contributed by atoms with E-state index in [1.165, 1.54) is 6.20 Å². The molecule has 0 aliphatic carbocycles. The van der Waals surface area contributed by atoms with E-state index in [0.717, 1.165) is 32.1 Å². The monoisotopic (exact) mass is 466 g/mol. The summed E-state index contributed by atoms with van der Waals surface area (Å²) in [5.74, 6) is 0.839. The van der Waals surface area contributed by atoms with Crippen molar-refractivity contribution in [1.82, 2.24) is 14.8 Å². The first kappa shape index (κ1) is 24.0. The van der Waals surface area contributed by atoms with Crippen molar-refractivity contribution >= 4 is 17.6 Å². The Morgan fingerprint density at radius 1 is 1.09 bits per heavy atom. The molecule has 1 aromatic heterocycles. The molecule has 2 amide bonds. The number of amides is 2. The third kappa shape index (κ3) is 5.50. The van der Waals surface area contributed by atoms with Gasteiger partial charge in [-0.2, -0.15) is 0 Å². The fourth-order valence-electron chi connectivity index (χ4n) is 4.99. The van der Waals surface area contributed by atoms with E-state index in [0.29, 0.717) is 62.1 Å². The number of anilines is 1. The molecule has 1 saturated heterocycles. The van der Waals surface area contributed by atoms with Crippen LogP contribution in [0.3, 0.4) is 0 Å². The number of hydrogen-bond donors (Lipinski definition) is 1. The fraction of sp³-hybridized carbons (Fsp3) is 0.500. The van der Waals surface area contributed by atoms with Crippen LogP contribution in [0.4, 0.5) is 5.82 Å². The highest BCUT2D eigenvalue weighted by Gasteiger charge is 2.36. The highest BCUT2D eigenvalue weighted by molar-refractivity contribution is 5.97. The Labute approximate surface area is 201 Å². The molecule has 8 heteroatoms. The van der Waals surface area contributed by atoms with Crippen LogP contribution in [0.2, 0.25) is 0 Å². The van der Waals surface area contributed by atoms with Gasteiger partial charge in [-0.3, -0.25) is 9.59 Å². The lowest BCUT2D eigenvalue weighted by Crippen LogP contribution is -2.45. The zero-order chi connectivity index (χ0) is 24.0. The summed E-state index contributed by atoms with van der Waals surface area (Å²) in [6, 6.07) is 10.7. The second-order valence-corrected chi connectivity index (χ2v) is 9.29. The quantitative estimate of drug-likeness (QED) is 0.746. The van der Waals surface area contributed by atoms with Gasteiger partial charge in [-0.15, -0.1) is 0 Å². The Balaban J connectivity index is 1.57. The molecular weight excluding hydrogens is 432 g/mol. The minimum atomic E-state index is -0.0941. The van der Waals surface area contributed by atoms with Gasteiger partial charge in [-0.1, -0.05) is 18.6 Å². The summed E-state index contributed by atoms with van der Waals surface area (Å²) in [6.07, 6.45) is 6.23. The molecule has 3 aliphatic rings. The van der Waals surface area contributed by atoms with Crippen LogP contribution in [0.25, 0.3) is 0 Å². The maximum atomic E-state index is 13.3. The first-order chi connectivity index (χ1) is 16.5. The number of nitrogens with zero attached hydrogens (tertiary/aromatic N) is 3. The van der Waals surface area contributed by atoms with Crippen molar-refractivity contribution in [3.8, 4) is 5.75 Å². The summed E-state index contributed by atoms with van der Waals surface area (Å²) in [5, 5.41) is 0. The zero-order valence-electron chi connectivity index (χ0n) is 19.9. The lowest BCUT2D eigenvalue weighted by Gasteiger charge is -2.41. The van der Waals surface area contributed by atoms with Crippen LogP contribution in [-0.2, 0) is 4.74 Å². The molecule has 0 radical (unpaired) electrons. The molecule has 3 aliphatic heterocycles. The van der Waals surface area contributed by atoms with Crippen LogP contribution in [0.15, 0.2) is 42.6 Å². The number of rotatable bonds is 3. The van der Waals surface area contributed by atoms with Gasteiger partial charge in [0.15, 0.2) is 0 Å². The maximum Gasteiger partial charge on any atom is 0.257 e. The Morgan fingerprint density at radius 2 is 1.88 bits per heavy atom. The number of para-hydroxylation sites is 1. The fourth-order valence-corrected chi connectivity index (χ4v) is 4.99. The van der Waals surface area contributed by atoms with Crippen LogP contribution < -0.4 is 10.5 Å². The van der Waals surface area contributed by atoms with E-state index in [4.69, 9.17) is 15.2 Å². The van der Waals surface area contributed by atoms with E-state index >= 15 is 0 Å². The normalized spacial score (nSPS) is 19.0. The molecule has 2 bridgehead atoms. The van der Waals surface area contributed by atoms with Crippen molar-refractivity contribution in [2.75, 3.05) is 52.2 Å². The van der Waals surface area contributed by atoms with Gasteiger partial charge < -0.3 is 25.0 Å². The number of piperidine rings is 1. The van der Waals surface area contributed by atoms with Gasteiger partial charge in [0.25, 0.3) is 11.8 Å². The molecule has 4 heterocycles. The molecule has 0 unspecified atom stereocenters. The Hall–Kier alpha value is -3.13. The number of ether oxygens (including phenoxy) is 2. The predicted octanol–water partition coefficient (Wildman–Crippen LogP) is 3.24. The van der Waals surface area contributed by atoms with E-state index in [9.17, 15) is 9.59 Å². The van der Waals surface area contributed by atoms with Gasteiger partial charge in [-0.05, 0) is 55.4 Å². The standard InChI is InChI=1S/C26H34N4O4/c1-33-19-26-10-4-5-13-29(24(31)20-8-9-23(27)28-18-20)16-17-34-22-7-3-2-6-21(22)25(32)30(14-11-26)15-12-26/h2-3,6-9,18H,4-5,10-17,19H2,1H3,(H2,27,28). The number of carbonyl (C=O) groups excluding carboxylic acids is 2. The van der Waals surface area contributed by atoms with Gasteiger partial charge in [0.2, 0.25) is 0 Å². The van der Waals surface area contributed by atoms with Crippen molar-refractivity contribution in [2.45, 2.75) is 32.1 Å². The maximum absolute atomic E-state index is 13.3. The number of methoxy groups -OCH3 is 1. The molecule has 1 aromatic carbocycles. The number of carbonyl (C=O) groups is 2. The number of aromatic nitrogens is 1. The van der Waals surface area contributed by atoms with Gasteiger partial charge in [0.05, 0.1) is 24.3 Å². The molecule has 182 valence electrons. The molecule has 2 aromatic rings. The SMILES string of the molecule is COCC12CCCCN(C(=O)c3ccc(N)nc3)CCOc3ccccc3C(=O)N(CC1)CC2. The van der Waals surface area contributed by atoms with Crippen molar-refractivity contribution in [3.05, 3.63) is 53.7 Å². The van der Waals surface area contributed by atoms with Crippen molar-refractivity contribution in [2.24, 2.45) is 5.41 Å². The Bertz CT molecular complexity index is 987. The lowest BCUT2D eigenvalue weighted by atomic mass is 9.75. The topological polar surface area (TPSA) is 98.0 Å². The molecule has 0 atom stereocenters. The minimum absolute atomic E-state index is 0.00244.